The van der Waals surface area contributed by atoms with E-state index in [0.717, 1.165) is 16.6 Å². The summed E-state index contributed by atoms with van der Waals surface area (Å²) in [6.45, 7) is 1.35. The molecule has 108 valence electrons. The third kappa shape index (κ3) is 1.98. The zero-order valence-corrected chi connectivity index (χ0v) is 11.8. The monoisotopic (exact) mass is 292 g/mol. The van der Waals surface area contributed by atoms with E-state index in [9.17, 15) is 4.79 Å². The molecule has 0 saturated heterocycles. The van der Waals surface area contributed by atoms with Crippen LogP contribution < -0.4 is 4.74 Å². The molecule has 0 saturated carbocycles. The summed E-state index contributed by atoms with van der Waals surface area (Å²) in [6.07, 6.45) is -0.875. The summed E-state index contributed by atoms with van der Waals surface area (Å²) in [4.78, 5) is 20.6. The van der Waals surface area contributed by atoms with Gasteiger partial charge in [-0.25, -0.2) is 9.97 Å². The summed E-state index contributed by atoms with van der Waals surface area (Å²) < 4.78 is 11.0. The largest absolute Gasteiger partial charge is 0.448 e. The Hall–Kier alpha value is -2.95. The van der Waals surface area contributed by atoms with E-state index in [1.54, 1.807) is 0 Å². The number of benzene rings is 2. The van der Waals surface area contributed by atoms with Gasteiger partial charge in [-0.05, 0) is 24.3 Å². The van der Waals surface area contributed by atoms with E-state index < -0.39 is 12.3 Å². The third-order valence-corrected chi connectivity index (χ3v) is 3.47. The van der Waals surface area contributed by atoms with Crippen LogP contribution in [-0.4, -0.2) is 15.9 Å². The maximum Gasteiger partial charge on any atom is 0.306 e. The molecule has 0 bridgehead atoms. The minimum absolute atomic E-state index is 0.426. The van der Waals surface area contributed by atoms with Gasteiger partial charge >= 0.3 is 5.97 Å². The molecule has 0 aliphatic carbocycles. The van der Waals surface area contributed by atoms with Gasteiger partial charge in [0.2, 0.25) is 0 Å². The maximum atomic E-state index is 11.3. The highest BCUT2D eigenvalue weighted by Gasteiger charge is 2.31. The average Bonchev–Trinajstić information content (AvgIpc) is 2.53. The molecule has 5 heteroatoms. The van der Waals surface area contributed by atoms with Gasteiger partial charge in [-0.3, -0.25) is 4.79 Å². The molecule has 22 heavy (non-hydrogen) atoms. The van der Waals surface area contributed by atoms with Crippen LogP contribution in [-0.2, 0) is 9.53 Å². The SMILES string of the molecule is CC(=O)OC1Oc2ccccc2-c2nc3ccccc3nc21. The normalized spacial score (nSPS) is 15.6. The van der Waals surface area contributed by atoms with E-state index in [1.807, 2.05) is 48.5 Å². The fourth-order valence-electron chi connectivity index (χ4n) is 2.54. The minimum Gasteiger partial charge on any atom is -0.448 e. The molecule has 2 heterocycles. The second-order valence-electron chi connectivity index (χ2n) is 5.00. The first-order chi connectivity index (χ1) is 10.7. The molecule has 3 aromatic rings. The van der Waals surface area contributed by atoms with Crippen molar-refractivity contribution >= 4 is 17.0 Å². The van der Waals surface area contributed by atoms with Crippen molar-refractivity contribution in [2.75, 3.05) is 0 Å². The maximum absolute atomic E-state index is 11.3. The minimum atomic E-state index is -0.875. The topological polar surface area (TPSA) is 61.3 Å². The Kier molecular flexibility index (Phi) is 2.79. The summed E-state index contributed by atoms with van der Waals surface area (Å²) >= 11 is 0. The van der Waals surface area contributed by atoms with Crippen LogP contribution in [0.4, 0.5) is 0 Å². The molecule has 5 nitrogen and oxygen atoms in total. The molecule has 1 aliphatic heterocycles. The van der Waals surface area contributed by atoms with Crippen LogP contribution in [0.15, 0.2) is 48.5 Å². The summed E-state index contributed by atoms with van der Waals surface area (Å²) in [7, 11) is 0. The summed E-state index contributed by atoms with van der Waals surface area (Å²) in [5.74, 6) is 0.205. The van der Waals surface area contributed by atoms with Crippen molar-refractivity contribution in [3.8, 4) is 17.0 Å². The quantitative estimate of drug-likeness (QED) is 0.644. The van der Waals surface area contributed by atoms with Crippen LogP contribution in [0.5, 0.6) is 5.75 Å². The number of aromatic nitrogens is 2. The van der Waals surface area contributed by atoms with E-state index in [1.165, 1.54) is 6.92 Å². The van der Waals surface area contributed by atoms with E-state index in [2.05, 4.69) is 9.97 Å². The van der Waals surface area contributed by atoms with Gasteiger partial charge in [0.1, 0.15) is 17.1 Å². The second-order valence-corrected chi connectivity index (χ2v) is 5.00. The number of esters is 1. The Labute approximate surface area is 126 Å². The van der Waals surface area contributed by atoms with Crippen molar-refractivity contribution in [3.05, 3.63) is 54.2 Å². The van der Waals surface area contributed by atoms with Crippen molar-refractivity contribution in [1.82, 2.24) is 9.97 Å². The van der Waals surface area contributed by atoms with Gasteiger partial charge in [-0.1, -0.05) is 24.3 Å². The number of hydrogen-bond acceptors (Lipinski definition) is 5. The number of fused-ring (bicyclic) bond motifs is 4. The van der Waals surface area contributed by atoms with Crippen LogP contribution in [0.1, 0.15) is 18.9 Å². The molecule has 1 aromatic heterocycles. The van der Waals surface area contributed by atoms with Gasteiger partial charge in [0.15, 0.2) is 0 Å². The number of para-hydroxylation sites is 3. The van der Waals surface area contributed by atoms with Crippen molar-refractivity contribution in [3.63, 3.8) is 0 Å². The lowest BCUT2D eigenvalue weighted by Gasteiger charge is -2.26. The van der Waals surface area contributed by atoms with E-state index in [-0.39, 0.29) is 0 Å². The number of carbonyl (C=O) groups is 1. The smallest absolute Gasteiger partial charge is 0.306 e. The molecule has 1 aliphatic rings. The van der Waals surface area contributed by atoms with E-state index in [0.29, 0.717) is 17.1 Å². The van der Waals surface area contributed by atoms with Crippen LogP contribution in [0, 0.1) is 0 Å². The lowest BCUT2D eigenvalue weighted by Crippen LogP contribution is -2.21. The predicted octanol–water partition coefficient (Wildman–Crippen LogP) is 3.25. The Morgan fingerprint density at radius 3 is 2.50 bits per heavy atom. The summed E-state index contributed by atoms with van der Waals surface area (Å²) in [5.41, 5.74) is 3.58. The Morgan fingerprint density at radius 2 is 1.73 bits per heavy atom. The lowest BCUT2D eigenvalue weighted by atomic mass is 10.0. The first-order valence-corrected chi connectivity index (χ1v) is 6.92. The van der Waals surface area contributed by atoms with Crippen LogP contribution in [0.3, 0.4) is 0 Å². The molecular weight excluding hydrogens is 280 g/mol. The summed E-state index contributed by atoms with van der Waals surface area (Å²) in [5, 5.41) is 0. The van der Waals surface area contributed by atoms with Gasteiger partial charge < -0.3 is 9.47 Å². The average molecular weight is 292 g/mol. The first-order valence-electron chi connectivity index (χ1n) is 6.92. The molecule has 4 rings (SSSR count). The molecule has 0 N–H and O–H groups in total. The highest BCUT2D eigenvalue weighted by Crippen LogP contribution is 2.41. The molecule has 1 unspecified atom stereocenters. The third-order valence-electron chi connectivity index (χ3n) is 3.47. The van der Waals surface area contributed by atoms with Crippen molar-refractivity contribution in [2.24, 2.45) is 0 Å². The Bertz CT molecular complexity index is 892. The zero-order chi connectivity index (χ0) is 15.1. The van der Waals surface area contributed by atoms with Crippen molar-refractivity contribution in [1.29, 1.82) is 0 Å². The van der Waals surface area contributed by atoms with Crippen LogP contribution in [0.2, 0.25) is 0 Å². The highest BCUT2D eigenvalue weighted by molar-refractivity contribution is 5.81. The van der Waals surface area contributed by atoms with Gasteiger partial charge in [-0.15, -0.1) is 0 Å². The standard InChI is InChI=1S/C17H12N2O3/c1-10(20)21-17-16-15(11-6-2-5-9-14(11)22-17)18-12-7-3-4-8-13(12)19-16/h2-9,17H,1H3. The molecule has 0 fully saturated rings. The molecule has 0 amide bonds. The first kappa shape index (κ1) is 12.8. The lowest BCUT2D eigenvalue weighted by molar-refractivity contribution is -0.162. The van der Waals surface area contributed by atoms with Crippen molar-refractivity contribution in [2.45, 2.75) is 13.2 Å². The Balaban J connectivity index is 1.98. The predicted molar refractivity (Wildman–Crippen MR) is 80.1 cm³/mol. The fraction of sp³-hybridized carbons (Fsp3) is 0.118. The molecule has 2 aromatic carbocycles. The summed E-state index contributed by atoms with van der Waals surface area (Å²) in [6, 6.07) is 15.1. The second kappa shape index (κ2) is 4.80. The number of hydrogen-bond donors (Lipinski definition) is 0. The molecule has 0 spiro atoms. The number of ether oxygens (including phenoxy) is 2. The van der Waals surface area contributed by atoms with Gasteiger partial charge in [0, 0.05) is 12.5 Å². The molecule has 0 radical (unpaired) electrons. The fourth-order valence-corrected chi connectivity index (χ4v) is 2.54. The molecular formula is C17H12N2O3. The van der Waals surface area contributed by atoms with Crippen LogP contribution >= 0.6 is 0 Å². The van der Waals surface area contributed by atoms with Gasteiger partial charge in [-0.2, -0.15) is 0 Å². The van der Waals surface area contributed by atoms with E-state index in [4.69, 9.17) is 9.47 Å². The number of carbonyl (C=O) groups excluding carboxylic acids is 1. The highest BCUT2D eigenvalue weighted by atomic mass is 16.7. The van der Waals surface area contributed by atoms with Crippen LogP contribution in [0.25, 0.3) is 22.3 Å². The molecule has 1 atom stereocenters. The Morgan fingerprint density at radius 1 is 1.05 bits per heavy atom. The van der Waals surface area contributed by atoms with Gasteiger partial charge in [0.25, 0.3) is 6.29 Å². The zero-order valence-electron chi connectivity index (χ0n) is 11.8. The number of rotatable bonds is 1. The van der Waals surface area contributed by atoms with Crippen molar-refractivity contribution < 1.29 is 14.3 Å². The number of nitrogens with zero attached hydrogens (tertiary/aromatic N) is 2. The van der Waals surface area contributed by atoms with E-state index >= 15 is 0 Å². The van der Waals surface area contributed by atoms with Gasteiger partial charge in [0.05, 0.1) is 11.0 Å².